The van der Waals surface area contributed by atoms with Crippen LogP contribution in [0.2, 0.25) is 10.0 Å². The molecule has 0 saturated carbocycles. The number of rotatable bonds is 6. The topological polar surface area (TPSA) is 58.6 Å². The lowest BCUT2D eigenvalue weighted by Crippen LogP contribution is -2.31. The largest absolute Gasteiger partial charge is 0.486 e. The summed E-state index contributed by atoms with van der Waals surface area (Å²) in [6, 6.07) is 17.1. The normalized spacial score (nSPS) is 15.1. The van der Waals surface area contributed by atoms with E-state index in [2.05, 4.69) is 17.4 Å². The fourth-order valence-electron chi connectivity index (χ4n) is 3.45. The molecule has 0 bridgehead atoms. The van der Waals surface area contributed by atoms with Crippen molar-refractivity contribution in [1.82, 2.24) is 10.2 Å². The van der Waals surface area contributed by atoms with E-state index in [9.17, 15) is 9.59 Å². The minimum atomic E-state index is -0.425. The number of imide groups is 1. The summed E-state index contributed by atoms with van der Waals surface area (Å²) in [5.41, 5.74) is 1.78. The zero-order valence-electron chi connectivity index (χ0n) is 16.8. The summed E-state index contributed by atoms with van der Waals surface area (Å²) < 4.78 is 5.89. The van der Waals surface area contributed by atoms with Gasteiger partial charge in [-0.1, -0.05) is 66.5 Å². The minimum Gasteiger partial charge on any atom is -0.486 e. The molecular weight excluding hydrogens is 435 g/mol. The lowest BCUT2D eigenvalue weighted by Gasteiger charge is -2.12. The van der Waals surface area contributed by atoms with Crippen molar-refractivity contribution < 1.29 is 14.3 Å². The van der Waals surface area contributed by atoms with Gasteiger partial charge in [-0.15, -0.1) is 0 Å². The molecule has 1 heterocycles. The highest BCUT2D eigenvalue weighted by atomic mass is 35.5. The Morgan fingerprint density at radius 2 is 1.71 bits per heavy atom. The Hall–Kier alpha value is -3.02. The van der Waals surface area contributed by atoms with E-state index in [1.54, 1.807) is 18.2 Å². The molecule has 0 atom stereocenters. The van der Waals surface area contributed by atoms with Crippen LogP contribution in [0.1, 0.15) is 24.5 Å². The second-order valence-electron chi connectivity index (χ2n) is 7.23. The first-order valence-electron chi connectivity index (χ1n) is 9.90. The predicted octanol–water partition coefficient (Wildman–Crippen LogP) is 6.03. The molecule has 0 spiro atoms. The number of ether oxygens (including phenoxy) is 1. The van der Waals surface area contributed by atoms with Crippen molar-refractivity contribution >= 4 is 52.0 Å². The van der Waals surface area contributed by atoms with Crippen molar-refractivity contribution in [3.8, 4) is 5.75 Å². The molecule has 0 unspecified atom stereocenters. The van der Waals surface area contributed by atoms with Crippen molar-refractivity contribution in [3.05, 3.63) is 81.5 Å². The standard InChI is InChI=1S/C24H20Cl2N2O3/c1-2-9-28-23(29)21(27-24(28)30)13-16-11-19(25)22(20(26)12-16)31-14-15-7-8-17-5-3-4-6-18(17)10-15/h3-8,10-13H,2,9,14H2,1H3,(H,27,30)/b21-13+. The SMILES string of the molecule is CCCN1C(=O)N/C(=C/c2cc(Cl)c(OCc3ccc4ccccc4c3)c(Cl)c2)C1=O. The monoisotopic (exact) mass is 454 g/mol. The lowest BCUT2D eigenvalue weighted by molar-refractivity contribution is -0.122. The number of fused-ring (bicyclic) bond motifs is 1. The van der Waals surface area contributed by atoms with E-state index in [1.165, 1.54) is 4.90 Å². The number of hydrogen-bond donors (Lipinski definition) is 1. The van der Waals surface area contributed by atoms with Gasteiger partial charge in [0.1, 0.15) is 12.3 Å². The van der Waals surface area contributed by atoms with Crippen molar-refractivity contribution in [2.45, 2.75) is 20.0 Å². The van der Waals surface area contributed by atoms with Crippen molar-refractivity contribution in [2.24, 2.45) is 0 Å². The van der Waals surface area contributed by atoms with E-state index in [0.717, 1.165) is 16.3 Å². The number of carbonyl (C=O) groups excluding carboxylic acids is 2. The van der Waals surface area contributed by atoms with Crippen molar-refractivity contribution in [2.75, 3.05) is 6.54 Å². The summed E-state index contributed by atoms with van der Waals surface area (Å²) in [5.74, 6) is 0.00348. The van der Waals surface area contributed by atoms with Gasteiger partial charge >= 0.3 is 6.03 Å². The number of benzene rings is 3. The molecule has 1 N–H and O–H groups in total. The molecule has 0 radical (unpaired) electrons. The molecule has 3 aromatic rings. The van der Waals surface area contributed by atoms with Gasteiger partial charge in [-0.3, -0.25) is 9.69 Å². The minimum absolute atomic E-state index is 0.190. The zero-order chi connectivity index (χ0) is 22.0. The number of nitrogens with one attached hydrogen (secondary N) is 1. The highest BCUT2D eigenvalue weighted by molar-refractivity contribution is 6.37. The van der Waals surface area contributed by atoms with E-state index in [1.807, 2.05) is 37.3 Å². The molecule has 3 amide bonds. The predicted molar refractivity (Wildman–Crippen MR) is 123 cm³/mol. The van der Waals surface area contributed by atoms with E-state index in [-0.39, 0.29) is 11.6 Å². The number of hydrogen-bond acceptors (Lipinski definition) is 3. The van der Waals surface area contributed by atoms with Gasteiger partial charge in [-0.2, -0.15) is 0 Å². The van der Waals surface area contributed by atoms with E-state index >= 15 is 0 Å². The Balaban J connectivity index is 1.52. The van der Waals surface area contributed by atoms with Gasteiger partial charge in [0, 0.05) is 6.54 Å². The molecule has 4 rings (SSSR count). The molecule has 1 saturated heterocycles. The average Bonchev–Trinajstić information content (AvgIpc) is 3.00. The summed E-state index contributed by atoms with van der Waals surface area (Å²) in [6.07, 6.45) is 2.24. The van der Waals surface area contributed by atoms with Crippen LogP contribution in [0, 0.1) is 0 Å². The maximum atomic E-state index is 12.4. The van der Waals surface area contributed by atoms with Crippen molar-refractivity contribution in [1.29, 1.82) is 0 Å². The third kappa shape index (κ3) is 4.53. The van der Waals surface area contributed by atoms with Gasteiger partial charge in [-0.25, -0.2) is 4.79 Å². The van der Waals surface area contributed by atoms with Gasteiger partial charge in [0.15, 0.2) is 5.75 Å². The van der Waals surface area contributed by atoms with E-state index < -0.39 is 6.03 Å². The van der Waals surface area contributed by atoms with Gasteiger partial charge < -0.3 is 10.1 Å². The molecule has 5 nitrogen and oxygen atoms in total. The average molecular weight is 455 g/mol. The molecule has 3 aromatic carbocycles. The first-order valence-corrected chi connectivity index (χ1v) is 10.7. The van der Waals surface area contributed by atoms with E-state index in [4.69, 9.17) is 27.9 Å². The quantitative estimate of drug-likeness (QED) is 0.365. The first kappa shape index (κ1) is 21.2. The van der Waals surface area contributed by atoms with Crippen LogP contribution in [0.25, 0.3) is 16.8 Å². The second kappa shape index (κ2) is 9.00. The summed E-state index contributed by atoms with van der Waals surface area (Å²) in [4.78, 5) is 25.5. The Morgan fingerprint density at radius 1 is 1.00 bits per heavy atom. The number of nitrogens with zero attached hydrogens (tertiary/aromatic N) is 1. The highest BCUT2D eigenvalue weighted by Gasteiger charge is 2.32. The van der Waals surface area contributed by atoms with Crippen LogP contribution in [0.15, 0.2) is 60.3 Å². The Bertz CT molecular complexity index is 1180. The van der Waals surface area contributed by atoms with Crippen LogP contribution < -0.4 is 10.1 Å². The van der Waals surface area contributed by atoms with Crippen molar-refractivity contribution in [3.63, 3.8) is 0 Å². The molecule has 0 aliphatic carbocycles. The van der Waals surface area contributed by atoms with Crippen LogP contribution >= 0.6 is 23.2 Å². The van der Waals surface area contributed by atoms with E-state index in [0.29, 0.717) is 40.9 Å². The molecule has 1 fully saturated rings. The van der Waals surface area contributed by atoms with Crippen LogP contribution in [0.5, 0.6) is 5.75 Å². The summed E-state index contributed by atoms with van der Waals surface area (Å²) in [7, 11) is 0. The number of halogens is 2. The van der Waals surface area contributed by atoms with Crippen LogP contribution in [-0.2, 0) is 11.4 Å². The maximum absolute atomic E-state index is 12.4. The third-order valence-corrected chi connectivity index (χ3v) is 5.50. The van der Waals surface area contributed by atoms with Gasteiger partial charge in [0.05, 0.1) is 10.0 Å². The molecular formula is C24H20Cl2N2O3. The van der Waals surface area contributed by atoms with Gasteiger partial charge in [0.2, 0.25) is 0 Å². The Labute approximate surface area is 190 Å². The fraction of sp³-hybridized carbons (Fsp3) is 0.167. The van der Waals surface area contributed by atoms with Crippen LogP contribution in [0.3, 0.4) is 0 Å². The van der Waals surface area contributed by atoms with Crippen LogP contribution in [-0.4, -0.2) is 23.4 Å². The number of carbonyl (C=O) groups is 2. The molecule has 1 aliphatic heterocycles. The molecule has 158 valence electrons. The smallest absolute Gasteiger partial charge is 0.329 e. The zero-order valence-corrected chi connectivity index (χ0v) is 18.3. The summed E-state index contributed by atoms with van der Waals surface area (Å²) in [6.45, 7) is 2.58. The molecule has 1 aliphatic rings. The highest BCUT2D eigenvalue weighted by Crippen LogP contribution is 2.35. The Morgan fingerprint density at radius 3 is 2.42 bits per heavy atom. The molecule has 0 aromatic heterocycles. The molecule has 7 heteroatoms. The second-order valence-corrected chi connectivity index (χ2v) is 8.04. The number of amides is 3. The summed E-state index contributed by atoms with van der Waals surface area (Å²) >= 11 is 12.8. The van der Waals surface area contributed by atoms with Gasteiger partial charge in [-0.05, 0) is 52.6 Å². The third-order valence-electron chi connectivity index (χ3n) is 4.94. The lowest BCUT2D eigenvalue weighted by atomic mass is 10.1. The number of urea groups is 1. The Kier molecular flexibility index (Phi) is 6.16. The fourth-order valence-corrected chi connectivity index (χ4v) is 4.06. The maximum Gasteiger partial charge on any atom is 0.329 e. The molecule has 31 heavy (non-hydrogen) atoms. The first-order chi connectivity index (χ1) is 15.0. The van der Waals surface area contributed by atoms with Gasteiger partial charge in [0.25, 0.3) is 5.91 Å². The summed E-state index contributed by atoms with van der Waals surface area (Å²) in [5, 5.41) is 5.51. The van der Waals surface area contributed by atoms with Crippen LogP contribution in [0.4, 0.5) is 4.79 Å².